The van der Waals surface area contributed by atoms with Crippen molar-refractivity contribution in [2.24, 2.45) is 5.92 Å². The van der Waals surface area contributed by atoms with Gasteiger partial charge in [0.25, 0.3) is 0 Å². The summed E-state index contributed by atoms with van der Waals surface area (Å²) < 4.78 is 16.5. The van der Waals surface area contributed by atoms with Gasteiger partial charge in [-0.3, -0.25) is 0 Å². The third-order valence-corrected chi connectivity index (χ3v) is 7.05. The molecule has 0 spiro atoms. The van der Waals surface area contributed by atoms with E-state index >= 15 is 0 Å². The SMILES string of the molecule is COC(=O)COc1cccc2c1CCC(C(C)N(C)C(=O)OC(c1ccccc1)c1ccccc1)C2. The monoisotopic (exact) mass is 487 g/mol. The van der Waals surface area contributed by atoms with E-state index in [-0.39, 0.29) is 24.7 Å². The van der Waals surface area contributed by atoms with Gasteiger partial charge in [0, 0.05) is 13.1 Å². The fourth-order valence-corrected chi connectivity index (χ4v) is 4.79. The molecule has 0 heterocycles. The highest BCUT2D eigenvalue weighted by atomic mass is 16.6. The average Bonchev–Trinajstić information content (AvgIpc) is 2.94. The third-order valence-electron chi connectivity index (χ3n) is 7.05. The van der Waals surface area contributed by atoms with Crippen molar-refractivity contribution in [2.75, 3.05) is 20.8 Å². The number of hydrogen-bond acceptors (Lipinski definition) is 5. The van der Waals surface area contributed by atoms with Crippen LogP contribution in [0.3, 0.4) is 0 Å². The molecule has 1 aliphatic rings. The average molecular weight is 488 g/mol. The van der Waals surface area contributed by atoms with Gasteiger partial charge < -0.3 is 19.1 Å². The lowest BCUT2D eigenvalue weighted by Crippen LogP contribution is -2.42. The Morgan fingerprint density at radius 3 is 2.19 bits per heavy atom. The van der Waals surface area contributed by atoms with E-state index in [0.29, 0.717) is 0 Å². The van der Waals surface area contributed by atoms with Crippen molar-refractivity contribution in [3.05, 3.63) is 101 Å². The number of ether oxygens (including phenoxy) is 3. The summed E-state index contributed by atoms with van der Waals surface area (Å²) in [5.41, 5.74) is 4.19. The maximum absolute atomic E-state index is 13.3. The van der Waals surface area contributed by atoms with Crippen molar-refractivity contribution >= 4 is 12.1 Å². The van der Waals surface area contributed by atoms with Gasteiger partial charge in [-0.2, -0.15) is 0 Å². The highest BCUT2D eigenvalue weighted by molar-refractivity contribution is 5.71. The summed E-state index contributed by atoms with van der Waals surface area (Å²) in [6.07, 6.45) is 1.73. The van der Waals surface area contributed by atoms with Gasteiger partial charge in [-0.15, -0.1) is 0 Å². The van der Waals surface area contributed by atoms with Crippen LogP contribution in [0.15, 0.2) is 78.9 Å². The van der Waals surface area contributed by atoms with Crippen molar-refractivity contribution in [1.29, 1.82) is 0 Å². The van der Waals surface area contributed by atoms with Gasteiger partial charge in [0.1, 0.15) is 5.75 Å². The first-order valence-electron chi connectivity index (χ1n) is 12.3. The number of rotatable bonds is 8. The second kappa shape index (κ2) is 11.8. The lowest BCUT2D eigenvalue weighted by molar-refractivity contribution is -0.142. The van der Waals surface area contributed by atoms with E-state index in [1.165, 1.54) is 12.7 Å². The van der Waals surface area contributed by atoms with Crippen LogP contribution >= 0.6 is 0 Å². The Hall–Kier alpha value is -3.80. The van der Waals surface area contributed by atoms with E-state index in [1.54, 1.807) is 4.90 Å². The van der Waals surface area contributed by atoms with Crippen LogP contribution in [0, 0.1) is 5.92 Å². The molecule has 4 rings (SSSR count). The Labute approximate surface area is 212 Å². The number of fused-ring (bicyclic) bond motifs is 1. The van der Waals surface area contributed by atoms with Gasteiger partial charge in [0.05, 0.1) is 7.11 Å². The highest BCUT2D eigenvalue weighted by Crippen LogP contribution is 2.35. The zero-order valence-electron chi connectivity index (χ0n) is 21.1. The second-order valence-corrected chi connectivity index (χ2v) is 9.20. The van der Waals surface area contributed by atoms with Crippen LogP contribution in [0.2, 0.25) is 0 Å². The fourth-order valence-electron chi connectivity index (χ4n) is 4.79. The summed E-state index contributed by atoms with van der Waals surface area (Å²) in [6, 6.07) is 25.5. The van der Waals surface area contributed by atoms with Crippen molar-refractivity contribution in [3.63, 3.8) is 0 Å². The van der Waals surface area contributed by atoms with E-state index in [9.17, 15) is 9.59 Å². The van der Waals surface area contributed by atoms with Crippen LogP contribution in [-0.2, 0) is 27.1 Å². The van der Waals surface area contributed by atoms with Crippen LogP contribution in [0.4, 0.5) is 4.79 Å². The molecule has 36 heavy (non-hydrogen) atoms. The van der Waals surface area contributed by atoms with Gasteiger partial charge in [-0.25, -0.2) is 9.59 Å². The number of benzene rings is 3. The molecule has 1 amide bonds. The standard InChI is InChI=1S/C30H33NO5/c1-21(24-17-18-26-25(19-24)15-10-16-27(26)35-20-28(32)34-3)31(2)30(33)36-29(22-11-6-4-7-12-22)23-13-8-5-9-14-23/h4-16,21,24,29H,17-20H2,1-3H3. The predicted octanol–water partition coefficient (Wildman–Crippen LogP) is 5.59. The number of nitrogens with zero attached hydrogens (tertiary/aromatic N) is 1. The van der Waals surface area contributed by atoms with Crippen LogP contribution in [0.1, 0.15) is 41.7 Å². The Morgan fingerprint density at radius 2 is 1.58 bits per heavy atom. The quantitative estimate of drug-likeness (QED) is 0.388. The number of methoxy groups -OCH3 is 1. The molecule has 0 saturated carbocycles. The molecule has 188 valence electrons. The molecular formula is C30H33NO5. The molecule has 2 unspecified atom stereocenters. The van der Waals surface area contributed by atoms with Crippen molar-refractivity contribution in [1.82, 2.24) is 4.90 Å². The zero-order valence-corrected chi connectivity index (χ0v) is 21.1. The molecule has 1 aliphatic carbocycles. The zero-order chi connectivity index (χ0) is 25.5. The van der Waals surface area contributed by atoms with E-state index in [2.05, 4.69) is 17.7 Å². The molecule has 0 radical (unpaired) electrons. The van der Waals surface area contributed by atoms with Gasteiger partial charge in [-0.1, -0.05) is 72.8 Å². The first kappa shape index (κ1) is 25.3. The van der Waals surface area contributed by atoms with E-state index in [4.69, 9.17) is 9.47 Å². The molecule has 3 aromatic rings. The minimum atomic E-state index is -0.476. The van der Waals surface area contributed by atoms with E-state index in [0.717, 1.165) is 41.7 Å². The lowest BCUT2D eigenvalue weighted by atomic mass is 9.80. The summed E-state index contributed by atoms with van der Waals surface area (Å²) in [5, 5.41) is 0. The van der Waals surface area contributed by atoms with Crippen LogP contribution in [0.25, 0.3) is 0 Å². The Kier molecular flexibility index (Phi) is 8.26. The summed E-state index contributed by atoms with van der Waals surface area (Å²) in [4.78, 5) is 26.5. The Balaban J connectivity index is 1.44. The summed E-state index contributed by atoms with van der Waals surface area (Å²) in [5.74, 6) is 0.600. The van der Waals surface area contributed by atoms with Crippen molar-refractivity contribution in [3.8, 4) is 5.75 Å². The Bertz CT molecular complexity index is 1120. The molecule has 2 atom stereocenters. The molecule has 6 heteroatoms. The summed E-state index contributed by atoms with van der Waals surface area (Å²) in [6.45, 7) is 1.97. The normalized spacial score (nSPS) is 15.5. The molecule has 0 fully saturated rings. The molecule has 0 aliphatic heterocycles. The van der Waals surface area contributed by atoms with E-state index < -0.39 is 12.1 Å². The van der Waals surface area contributed by atoms with Crippen LogP contribution < -0.4 is 4.74 Å². The molecule has 0 bridgehead atoms. The van der Waals surface area contributed by atoms with E-state index in [1.807, 2.05) is 79.8 Å². The second-order valence-electron chi connectivity index (χ2n) is 9.20. The minimum absolute atomic E-state index is 0.0162. The van der Waals surface area contributed by atoms with Crippen LogP contribution in [0.5, 0.6) is 5.75 Å². The van der Waals surface area contributed by atoms with Crippen molar-refractivity contribution < 1.29 is 23.8 Å². The largest absolute Gasteiger partial charge is 0.482 e. The highest BCUT2D eigenvalue weighted by Gasteiger charge is 2.31. The van der Waals surface area contributed by atoms with Gasteiger partial charge in [-0.05, 0) is 60.4 Å². The molecule has 3 aromatic carbocycles. The van der Waals surface area contributed by atoms with Gasteiger partial charge in [0.2, 0.25) is 0 Å². The topological polar surface area (TPSA) is 65.1 Å². The lowest BCUT2D eigenvalue weighted by Gasteiger charge is -2.35. The predicted molar refractivity (Wildman–Crippen MR) is 138 cm³/mol. The summed E-state index contributed by atoms with van der Waals surface area (Å²) >= 11 is 0. The van der Waals surface area contributed by atoms with Gasteiger partial charge in [0.15, 0.2) is 12.7 Å². The number of amides is 1. The van der Waals surface area contributed by atoms with Crippen LogP contribution in [-0.4, -0.2) is 43.8 Å². The molecule has 6 nitrogen and oxygen atoms in total. The minimum Gasteiger partial charge on any atom is -0.482 e. The maximum atomic E-state index is 13.3. The number of esters is 1. The molecular weight excluding hydrogens is 454 g/mol. The summed E-state index contributed by atoms with van der Waals surface area (Å²) in [7, 11) is 3.16. The number of carbonyl (C=O) groups excluding carboxylic acids is 2. The van der Waals surface area contributed by atoms with Crippen molar-refractivity contribution in [2.45, 2.75) is 38.3 Å². The molecule has 0 saturated heterocycles. The molecule has 0 N–H and O–H groups in total. The van der Waals surface area contributed by atoms with Gasteiger partial charge >= 0.3 is 12.1 Å². The first-order valence-corrected chi connectivity index (χ1v) is 12.3. The Morgan fingerprint density at radius 1 is 0.944 bits per heavy atom. The smallest absolute Gasteiger partial charge is 0.410 e. The third kappa shape index (κ3) is 5.88. The number of hydrogen-bond donors (Lipinski definition) is 0. The molecule has 0 aromatic heterocycles. The fraction of sp³-hybridized carbons (Fsp3) is 0.333. The maximum Gasteiger partial charge on any atom is 0.410 e. The first-order chi connectivity index (χ1) is 17.5. The number of carbonyl (C=O) groups is 2.